The van der Waals surface area contributed by atoms with Gasteiger partial charge in [-0.3, -0.25) is 9.59 Å². The summed E-state index contributed by atoms with van der Waals surface area (Å²) in [7, 11) is 0. The number of hydrogen-bond donors (Lipinski definition) is 2. The lowest BCUT2D eigenvalue weighted by molar-refractivity contribution is -0.137. The number of nitrogens with one attached hydrogen (secondary N) is 2. The van der Waals surface area contributed by atoms with Gasteiger partial charge in [0.25, 0.3) is 11.5 Å². The monoisotopic (exact) mass is 360 g/mol. The van der Waals surface area contributed by atoms with Crippen LogP contribution >= 0.6 is 0 Å². The van der Waals surface area contributed by atoms with Crippen molar-refractivity contribution in [2.24, 2.45) is 0 Å². The molecule has 7 heteroatoms. The molecule has 3 rings (SSSR count). The fourth-order valence-electron chi connectivity index (χ4n) is 2.59. The average Bonchev–Trinajstić information content (AvgIpc) is 2.59. The third kappa shape index (κ3) is 3.77. The van der Waals surface area contributed by atoms with Crippen molar-refractivity contribution in [3.8, 4) is 0 Å². The highest BCUT2D eigenvalue weighted by molar-refractivity contribution is 5.94. The molecule has 2 N–H and O–H groups in total. The topological polar surface area (TPSA) is 62.0 Å². The SMILES string of the molecule is Cc1ccc2[nH]c(=O)c(CNC(=O)c3ccc(C(F)(F)F)cc3)cc2c1. The van der Waals surface area contributed by atoms with Crippen LogP contribution in [-0.4, -0.2) is 10.9 Å². The van der Waals surface area contributed by atoms with Crippen LogP contribution < -0.4 is 10.9 Å². The Labute approximate surface area is 146 Å². The number of amides is 1. The Bertz CT molecular complexity index is 1020. The molecular weight excluding hydrogens is 345 g/mol. The minimum absolute atomic E-state index is 0.0287. The Kier molecular flexibility index (Phi) is 4.54. The molecule has 0 saturated heterocycles. The van der Waals surface area contributed by atoms with E-state index in [-0.39, 0.29) is 17.7 Å². The van der Waals surface area contributed by atoms with Gasteiger partial charge in [0, 0.05) is 23.2 Å². The van der Waals surface area contributed by atoms with E-state index >= 15 is 0 Å². The molecule has 1 aromatic heterocycles. The lowest BCUT2D eigenvalue weighted by atomic mass is 10.1. The molecular formula is C19H15F3N2O2. The Morgan fingerprint density at radius 1 is 1.08 bits per heavy atom. The molecule has 1 heterocycles. The Balaban J connectivity index is 1.76. The van der Waals surface area contributed by atoms with E-state index in [0.29, 0.717) is 11.1 Å². The number of alkyl halides is 3. The first-order chi connectivity index (χ1) is 12.2. The number of carbonyl (C=O) groups excluding carboxylic acids is 1. The first-order valence-corrected chi connectivity index (χ1v) is 7.82. The zero-order valence-corrected chi connectivity index (χ0v) is 13.8. The van der Waals surface area contributed by atoms with Crippen LogP contribution in [0.4, 0.5) is 13.2 Å². The second-order valence-corrected chi connectivity index (χ2v) is 5.97. The number of aromatic amines is 1. The van der Waals surface area contributed by atoms with Gasteiger partial charge in [-0.25, -0.2) is 0 Å². The molecule has 4 nitrogen and oxygen atoms in total. The van der Waals surface area contributed by atoms with Gasteiger partial charge < -0.3 is 10.3 Å². The second-order valence-electron chi connectivity index (χ2n) is 5.97. The molecule has 134 valence electrons. The average molecular weight is 360 g/mol. The maximum atomic E-state index is 12.6. The maximum absolute atomic E-state index is 12.6. The second kappa shape index (κ2) is 6.67. The summed E-state index contributed by atoms with van der Waals surface area (Å²) in [5.41, 5.74) is 1.03. The molecule has 2 aromatic carbocycles. The van der Waals surface area contributed by atoms with Crippen molar-refractivity contribution in [2.45, 2.75) is 19.6 Å². The summed E-state index contributed by atoms with van der Waals surface area (Å²) in [5, 5.41) is 3.39. The molecule has 3 aromatic rings. The summed E-state index contributed by atoms with van der Waals surface area (Å²) in [4.78, 5) is 26.9. The number of pyridine rings is 1. The summed E-state index contributed by atoms with van der Waals surface area (Å²) in [6, 6.07) is 11.2. The predicted octanol–water partition coefficient (Wildman–Crippen LogP) is 3.79. The van der Waals surface area contributed by atoms with Gasteiger partial charge >= 0.3 is 6.18 Å². The molecule has 0 aliphatic heterocycles. The van der Waals surface area contributed by atoms with Gasteiger partial charge in [0.05, 0.1) is 5.56 Å². The van der Waals surface area contributed by atoms with E-state index in [0.717, 1.165) is 35.2 Å². The quantitative estimate of drug-likeness (QED) is 0.747. The van der Waals surface area contributed by atoms with Crippen molar-refractivity contribution in [1.29, 1.82) is 0 Å². The van der Waals surface area contributed by atoms with Crippen LogP contribution in [0, 0.1) is 6.92 Å². The number of fused-ring (bicyclic) bond motifs is 1. The van der Waals surface area contributed by atoms with Crippen LogP contribution in [0.25, 0.3) is 10.9 Å². The highest BCUT2D eigenvalue weighted by Crippen LogP contribution is 2.29. The summed E-state index contributed by atoms with van der Waals surface area (Å²) in [6.45, 7) is 1.90. The molecule has 0 fully saturated rings. The van der Waals surface area contributed by atoms with E-state index in [1.165, 1.54) is 0 Å². The number of aromatic nitrogens is 1. The zero-order chi connectivity index (χ0) is 18.9. The smallest absolute Gasteiger partial charge is 0.348 e. The number of rotatable bonds is 3. The Hall–Kier alpha value is -3.09. The van der Waals surface area contributed by atoms with Gasteiger partial charge in [0.2, 0.25) is 0 Å². The number of H-pyrrole nitrogens is 1. The molecule has 0 bridgehead atoms. The minimum atomic E-state index is -4.45. The number of halogens is 3. The molecule has 0 saturated carbocycles. The van der Waals surface area contributed by atoms with Crippen molar-refractivity contribution >= 4 is 16.8 Å². The van der Waals surface area contributed by atoms with Gasteiger partial charge in [0.1, 0.15) is 0 Å². The normalized spacial score (nSPS) is 11.5. The van der Waals surface area contributed by atoms with Crippen molar-refractivity contribution in [1.82, 2.24) is 10.3 Å². The maximum Gasteiger partial charge on any atom is 0.416 e. The fourth-order valence-corrected chi connectivity index (χ4v) is 2.59. The van der Waals surface area contributed by atoms with Gasteiger partial charge in [-0.15, -0.1) is 0 Å². The Morgan fingerprint density at radius 3 is 2.42 bits per heavy atom. The van der Waals surface area contributed by atoms with E-state index in [4.69, 9.17) is 0 Å². The molecule has 0 aliphatic carbocycles. The molecule has 0 atom stereocenters. The minimum Gasteiger partial charge on any atom is -0.348 e. The summed E-state index contributed by atoms with van der Waals surface area (Å²) >= 11 is 0. The van der Waals surface area contributed by atoms with E-state index in [1.807, 2.05) is 19.1 Å². The first-order valence-electron chi connectivity index (χ1n) is 7.82. The van der Waals surface area contributed by atoms with E-state index < -0.39 is 17.6 Å². The molecule has 0 spiro atoms. The van der Waals surface area contributed by atoms with Crippen LogP contribution in [0.3, 0.4) is 0 Å². The highest BCUT2D eigenvalue weighted by atomic mass is 19.4. The first kappa shape index (κ1) is 17.7. The largest absolute Gasteiger partial charge is 0.416 e. The molecule has 0 aliphatic rings. The number of carbonyl (C=O) groups is 1. The highest BCUT2D eigenvalue weighted by Gasteiger charge is 2.30. The molecule has 1 amide bonds. The lowest BCUT2D eigenvalue weighted by Crippen LogP contribution is -2.26. The van der Waals surface area contributed by atoms with Gasteiger partial charge in [-0.05, 0) is 54.8 Å². The summed E-state index contributed by atoms with van der Waals surface area (Å²) < 4.78 is 37.7. The van der Waals surface area contributed by atoms with Crippen molar-refractivity contribution < 1.29 is 18.0 Å². The number of aryl methyl sites for hydroxylation is 1. The zero-order valence-electron chi connectivity index (χ0n) is 13.8. The van der Waals surface area contributed by atoms with Crippen LogP contribution in [-0.2, 0) is 12.7 Å². The number of benzene rings is 2. The number of hydrogen-bond acceptors (Lipinski definition) is 2. The van der Waals surface area contributed by atoms with E-state index in [2.05, 4.69) is 10.3 Å². The molecule has 0 unspecified atom stereocenters. The summed E-state index contributed by atoms with van der Waals surface area (Å²) in [5.74, 6) is -0.553. The molecule has 0 radical (unpaired) electrons. The predicted molar refractivity (Wildman–Crippen MR) is 91.9 cm³/mol. The van der Waals surface area contributed by atoms with E-state index in [1.54, 1.807) is 12.1 Å². The van der Waals surface area contributed by atoms with Crippen LogP contribution in [0.1, 0.15) is 27.0 Å². The van der Waals surface area contributed by atoms with Crippen LogP contribution in [0.2, 0.25) is 0 Å². The van der Waals surface area contributed by atoms with Crippen molar-refractivity contribution in [3.63, 3.8) is 0 Å². The van der Waals surface area contributed by atoms with Gasteiger partial charge in [-0.1, -0.05) is 11.6 Å². The van der Waals surface area contributed by atoms with Crippen LogP contribution in [0.5, 0.6) is 0 Å². The summed E-state index contributed by atoms with van der Waals surface area (Å²) in [6.07, 6.45) is -4.45. The standard InChI is InChI=1S/C19H15F3N2O2/c1-11-2-7-16-13(8-11)9-14(18(26)24-16)10-23-17(25)12-3-5-15(6-4-12)19(20,21)22/h2-9H,10H2,1H3,(H,23,25)(H,24,26). The third-order valence-electron chi connectivity index (χ3n) is 3.99. The van der Waals surface area contributed by atoms with Crippen molar-refractivity contribution in [2.75, 3.05) is 0 Å². The third-order valence-corrected chi connectivity index (χ3v) is 3.99. The molecule has 26 heavy (non-hydrogen) atoms. The van der Waals surface area contributed by atoms with Gasteiger partial charge in [-0.2, -0.15) is 13.2 Å². The van der Waals surface area contributed by atoms with Gasteiger partial charge in [0.15, 0.2) is 0 Å². The van der Waals surface area contributed by atoms with Crippen molar-refractivity contribution in [3.05, 3.63) is 81.1 Å². The van der Waals surface area contributed by atoms with E-state index in [9.17, 15) is 22.8 Å². The lowest BCUT2D eigenvalue weighted by Gasteiger charge is -2.09. The Morgan fingerprint density at radius 2 is 1.77 bits per heavy atom. The fraction of sp³-hybridized carbons (Fsp3) is 0.158. The van der Waals surface area contributed by atoms with Crippen LogP contribution in [0.15, 0.2) is 53.3 Å².